The highest BCUT2D eigenvalue weighted by Gasteiger charge is 2.06. The topological polar surface area (TPSA) is 52.1 Å². The SMILES string of the molecule is CC(C)OC(=O)CCc1ncccn1. The second-order valence-electron chi connectivity index (χ2n) is 3.20. The van der Waals surface area contributed by atoms with Crippen LogP contribution in [0, 0.1) is 0 Å². The number of hydrogen-bond acceptors (Lipinski definition) is 4. The first-order valence-electron chi connectivity index (χ1n) is 4.64. The molecule has 1 heterocycles. The molecule has 0 N–H and O–H groups in total. The van der Waals surface area contributed by atoms with E-state index in [9.17, 15) is 4.79 Å². The maximum Gasteiger partial charge on any atom is 0.306 e. The zero-order chi connectivity index (χ0) is 10.4. The van der Waals surface area contributed by atoms with Crippen LogP contribution in [-0.2, 0) is 16.0 Å². The lowest BCUT2D eigenvalue weighted by atomic mass is 10.3. The predicted octanol–water partition coefficient (Wildman–Crippen LogP) is 1.36. The summed E-state index contributed by atoms with van der Waals surface area (Å²) < 4.78 is 4.98. The fourth-order valence-corrected chi connectivity index (χ4v) is 0.995. The summed E-state index contributed by atoms with van der Waals surface area (Å²) in [5.41, 5.74) is 0. The fourth-order valence-electron chi connectivity index (χ4n) is 0.995. The molecule has 0 spiro atoms. The minimum absolute atomic E-state index is 0.0563. The van der Waals surface area contributed by atoms with E-state index in [-0.39, 0.29) is 12.1 Å². The Labute approximate surface area is 83.3 Å². The Balaban J connectivity index is 2.31. The highest BCUT2D eigenvalue weighted by molar-refractivity contribution is 5.69. The molecule has 4 heteroatoms. The van der Waals surface area contributed by atoms with Gasteiger partial charge in [0.05, 0.1) is 12.5 Å². The van der Waals surface area contributed by atoms with Crippen LogP contribution in [0.4, 0.5) is 0 Å². The molecule has 1 aromatic rings. The van der Waals surface area contributed by atoms with Gasteiger partial charge in [-0.05, 0) is 19.9 Å². The minimum atomic E-state index is -0.201. The van der Waals surface area contributed by atoms with Gasteiger partial charge in [0.1, 0.15) is 5.82 Å². The molecule has 0 unspecified atom stereocenters. The highest BCUT2D eigenvalue weighted by Crippen LogP contribution is 1.98. The number of aryl methyl sites for hydroxylation is 1. The van der Waals surface area contributed by atoms with Gasteiger partial charge in [0.25, 0.3) is 0 Å². The van der Waals surface area contributed by atoms with Crippen LogP contribution in [0.1, 0.15) is 26.1 Å². The van der Waals surface area contributed by atoms with Crippen molar-refractivity contribution >= 4 is 5.97 Å². The maximum absolute atomic E-state index is 11.1. The summed E-state index contributed by atoms with van der Waals surface area (Å²) in [6.07, 6.45) is 4.14. The van der Waals surface area contributed by atoms with Crippen molar-refractivity contribution < 1.29 is 9.53 Å². The summed E-state index contributed by atoms with van der Waals surface area (Å²) in [6, 6.07) is 1.75. The van der Waals surface area contributed by atoms with Crippen LogP contribution in [0.5, 0.6) is 0 Å². The van der Waals surface area contributed by atoms with Crippen molar-refractivity contribution in [3.05, 3.63) is 24.3 Å². The van der Waals surface area contributed by atoms with Gasteiger partial charge in [-0.15, -0.1) is 0 Å². The van der Waals surface area contributed by atoms with Crippen molar-refractivity contribution in [3.8, 4) is 0 Å². The average molecular weight is 194 g/mol. The Morgan fingerprint density at radius 1 is 1.43 bits per heavy atom. The molecule has 4 nitrogen and oxygen atoms in total. The number of ether oxygens (including phenoxy) is 1. The zero-order valence-electron chi connectivity index (χ0n) is 8.43. The average Bonchev–Trinajstić information content (AvgIpc) is 2.15. The quantitative estimate of drug-likeness (QED) is 0.679. The van der Waals surface area contributed by atoms with Crippen LogP contribution in [0.15, 0.2) is 18.5 Å². The van der Waals surface area contributed by atoms with Gasteiger partial charge >= 0.3 is 5.97 Å². The largest absolute Gasteiger partial charge is 0.463 e. The van der Waals surface area contributed by atoms with Crippen molar-refractivity contribution in [2.75, 3.05) is 0 Å². The van der Waals surface area contributed by atoms with Crippen molar-refractivity contribution in [1.29, 1.82) is 0 Å². The van der Waals surface area contributed by atoms with E-state index < -0.39 is 0 Å². The number of esters is 1. The summed E-state index contributed by atoms with van der Waals surface area (Å²) in [6.45, 7) is 3.66. The van der Waals surface area contributed by atoms with Crippen LogP contribution in [0.2, 0.25) is 0 Å². The normalized spacial score (nSPS) is 10.2. The van der Waals surface area contributed by atoms with Gasteiger partial charge in [-0.1, -0.05) is 0 Å². The second-order valence-corrected chi connectivity index (χ2v) is 3.20. The third-order valence-electron chi connectivity index (χ3n) is 1.54. The van der Waals surface area contributed by atoms with Gasteiger partial charge in [0, 0.05) is 18.8 Å². The number of nitrogens with zero attached hydrogens (tertiary/aromatic N) is 2. The van der Waals surface area contributed by atoms with E-state index in [2.05, 4.69) is 9.97 Å². The number of carbonyl (C=O) groups is 1. The molecule has 14 heavy (non-hydrogen) atoms. The van der Waals surface area contributed by atoms with E-state index in [1.165, 1.54) is 0 Å². The van der Waals surface area contributed by atoms with Gasteiger partial charge in [0.2, 0.25) is 0 Å². The molecule has 0 saturated carbocycles. The fraction of sp³-hybridized carbons (Fsp3) is 0.500. The molecule has 0 saturated heterocycles. The molecule has 76 valence electrons. The molecule has 0 atom stereocenters. The van der Waals surface area contributed by atoms with Crippen molar-refractivity contribution in [2.45, 2.75) is 32.8 Å². The lowest BCUT2D eigenvalue weighted by Gasteiger charge is -2.06. The lowest BCUT2D eigenvalue weighted by molar-refractivity contribution is -0.147. The monoisotopic (exact) mass is 194 g/mol. The van der Waals surface area contributed by atoms with Crippen LogP contribution >= 0.6 is 0 Å². The maximum atomic E-state index is 11.1. The number of carbonyl (C=O) groups excluding carboxylic acids is 1. The lowest BCUT2D eigenvalue weighted by Crippen LogP contribution is -2.12. The molecule has 0 radical (unpaired) electrons. The summed E-state index contributed by atoms with van der Waals surface area (Å²) in [5.74, 6) is 0.473. The predicted molar refractivity (Wildman–Crippen MR) is 51.6 cm³/mol. The van der Waals surface area contributed by atoms with Crippen LogP contribution < -0.4 is 0 Å². The van der Waals surface area contributed by atoms with E-state index in [0.717, 1.165) is 0 Å². The summed E-state index contributed by atoms with van der Waals surface area (Å²) >= 11 is 0. The van der Waals surface area contributed by atoms with Crippen LogP contribution in [-0.4, -0.2) is 22.0 Å². The van der Waals surface area contributed by atoms with Crippen LogP contribution in [0.25, 0.3) is 0 Å². The Morgan fingerprint density at radius 2 is 2.07 bits per heavy atom. The Hall–Kier alpha value is -1.45. The third-order valence-corrected chi connectivity index (χ3v) is 1.54. The molecule has 1 rings (SSSR count). The number of aromatic nitrogens is 2. The molecule has 0 aliphatic rings. The van der Waals surface area contributed by atoms with Crippen molar-refractivity contribution in [3.63, 3.8) is 0 Å². The molecular weight excluding hydrogens is 180 g/mol. The Kier molecular flexibility index (Phi) is 4.04. The summed E-state index contributed by atoms with van der Waals surface area (Å²) in [4.78, 5) is 19.2. The highest BCUT2D eigenvalue weighted by atomic mass is 16.5. The minimum Gasteiger partial charge on any atom is -0.463 e. The smallest absolute Gasteiger partial charge is 0.306 e. The van der Waals surface area contributed by atoms with Gasteiger partial charge in [-0.25, -0.2) is 9.97 Å². The summed E-state index contributed by atoms with van der Waals surface area (Å²) in [5, 5.41) is 0. The standard InChI is InChI=1S/C10H14N2O2/c1-8(2)14-10(13)5-4-9-11-6-3-7-12-9/h3,6-8H,4-5H2,1-2H3. The van der Waals surface area contributed by atoms with E-state index in [1.54, 1.807) is 18.5 Å². The summed E-state index contributed by atoms with van der Waals surface area (Å²) in [7, 11) is 0. The first-order chi connectivity index (χ1) is 6.68. The molecule has 0 amide bonds. The van der Waals surface area contributed by atoms with E-state index >= 15 is 0 Å². The van der Waals surface area contributed by atoms with Gasteiger partial charge in [0.15, 0.2) is 0 Å². The van der Waals surface area contributed by atoms with E-state index in [1.807, 2.05) is 13.8 Å². The zero-order valence-corrected chi connectivity index (χ0v) is 8.43. The Morgan fingerprint density at radius 3 is 2.64 bits per heavy atom. The van der Waals surface area contributed by atoms with Crippen molar-refractivity contribution in [1.82, 2.24) is 9.97 Å². The molecular formula is C10H14N2O2. The third kappa shape index (κ3) is 3.98. The first kappa shape index (κ1) is 10.6. The van der Waals surface area contributed by atoms with Crippen LogP contribution in [0.3, 0.4) is 0 Å². The molecule has 0 fully saturated rings. The van der Waals surface area contributed by atoms with Gasteiger partial charge in [-0.2, -0.15) is 0 Å². The van der Waals surface area contributed by atoms with E-state index in [0.29, 0.717) is 18.7 Å². The molecule has 0 aromatic carbocycles. The Bertz CT molecular complexity index is 285. The number of hydrogen-bond donors (Lipinski definition) is 0. The molecule has 0 aliphatic carbocycles. The van der Waals surface area contributed by atoms with E-state index in [4.69, 9.17) is 4.74 Å². The first-order valence-corrected chi connectivity index (χ1v) is 4.64. The molecule has 0 bridgehead atoms. The second kappa shape index (κ2) is 5.32. The molecule has 0 aliphatic heterocycles. The molecule has 1 aromatic heterocycles. The van der Waals surface area contributed by atoms with Gasteiger partial charge < -0.3 is 4.74 Å². The number of rotatable bonds is 4. The van der Waals surface area contributed by atoms with Crippen molar-refractivity contribution in [2.24, 2.45) is 0 Å². The van der Waals surface area contributed by atoms with Gasteiger partial charge in [-0.3, -0.25) is 4.79 Å².